The Hall–Kier alpha value is -2.90. The molecule has 166 valence electrons. The first-order valence-corrected chi connectivity index (χ1v) is 9.81. The molecule has 2 aromatic heterocycles. The summed E-state index contributed by atoms with van der Waals surface area (Å²) in [7, 11) is 0. The quantitative estimate of drug-likeness (QED) is 0.566. The second-order valence-electron chi connectivity index (χ2n) is 6.37. The van der Waals surface area contributed by atoms with Gasteiger partial charge in [-0.2, -0.15) is 13.2 Å². The molecule has 0 fully saturated rings. The van der Waals surface area contributed by atoms with Crippen LogP contribution >= 0.6 is 11.3 Å². The molecule has 4 rings (SSSR count). The van der Waals surface area contributed by atoms with E-state index in [-0.39, 0.29) is 11.9 Å². The van der Waals surface area contributed by atoms with E-state index in [1.807, 2.05) is 16.1 Å². The molecule has 0 aliphatic carbocycles. The summed E-state index contributed by atoms with van der Waals surface area (Å²) in [5, 5.41) is 21.9. The Balaban J connectivity index is 0.000000339. The number of nitrogens with zero attached hydrogens (tertiary/aromatic N) is 4. The second kappa shape index (κ2) is 9.94. The molecule has 0 radical (unpaired) electrons. The number of rotatable bonds is 5. The van der Waals surface area contributed by atoms with E-state index < -0.39 is 12.1 Å². The first-order valence-electron chi connectivity index (χ1n) is 8.93. The number of thiazole rings is 1. The van der Waals surface area contributed by atoms with E-state index in [2.05, 4.69) is 20.6 Å². The maximum Gasteiger partial charge on any atom is 0.490 e. The van der Waals surface area contributed by atoms with Crippen LogP contribution in [0.15, 0.2) is 35.8 Å². The van der Waals surface area contributed by atoms with Crippen molar-refractivity contribution < 1.29 is 32.2 Å². The van der Waals surface area contributed by atoms with Crippen LogP contribution in [-0.2, 0) is 29.2 Å². The van der Waals surface area contributed by atoms with Gasteiger partial charge in [0.2, 0.25) is 0 Å². The van der Waals surface area contributed by atoms with Crippen LogP contribution in [-0.4, -0.2) is 49.9 Å². The van der Waals surface area contributed by atoms with E-state index in [1.165, 1.54) is 12.1 Å². The lowest BCUT2D eigenvalue weighted by molar-refractivity contribution is -0.192. The highest BCUT2D eigenvalue weighted by Gasteiger charge is 2.38. The van der Waals surface area contributed by atoms with Crippen LogP contribution < -0.4 is 5.32 Å². The summed E-state index contributed by atoms with van der Waals surface area (Å²) >= 11 is 1.63. The zero-order valence-corrected chi connectivity index (χ0v) is 16.7. The first kappa shape index (κ1) is 22.8. The molecular formula is C18H17F4N5O3S. The summed E-state index contributed by atoms with van der Waals surface area (Å²) in [6.07, 6.45) is -3.26. The molecule has 0 amide bonds. The van der Waals surface area contributed by atoms with E-state index in [0.29, 0.717) is 25.4 Å². The summed E-state index contributed by atoms with van der Waals surface area (Å²) in [5.74, 6) is -3.04. The van der Waals surface area contributed by atoms with Crippen molar-refractivity contribution in [2.75, 3.05) is 6.54 Å². The van der Waals surface area contributed by atoms with Crippen molar-refractivity contribution in [2.45, 2.75) is 32.0 Å². The number of aliphatic carboxylic acids is 1. The van der Waals surface area contributed by atoms with Gasteiger partial charge in [0.1, 0.15) is 16.5 Å². The number of ether oxygens (including phenoxy) is 1. The van der Waals surface area contributed by atoms with Crippen LogP contribution in [0.3, 0.4) is 0 Å². The molecule has 1 aromatic carbocycles. The van der Waals surface area contributed by atoms with Gasteiger partial charge in [0.15, 0.2) is 0 Å². The maximum absolute atomic E-state index is 13.4. The van der Waals surface area contributed by atoms with Gasteiger partial charge in [0.05, 0.1) is 24.9 Å². The van der Waals surface area contributed by atoms with Gasteiger partial charge in [-0.05, 0) is 12.1 Å². The summed E-state index contributed by atoms with van der Waals surface area (Å²) in [6, 6.07) is 6.38. The summed E-state index contributed by atoms with van der Waals surface area (Å²) in [4.78, 5) is 13.1. The van der Waals surface area contributed by atoms with E-state index in [9.17, 15) is 17.6 Å². The van der Waals surface area contributed by atoms with Crippen molar-refractivity contribution >= 4 is 17.3 Å². The lowest BCUT2D eigenvalue weighted by atomic mass is 10.1. The fourth-order valence-electron chi connectivity index (χ4n) is 2.73. The Morgan fingerprint density at radius 2 is 2.16 bits per heavy atom. The van der Waals surface area contributed by atoms with Crippen LogP contribution in [0.25, 0.3) is 11.3 Å². The molecule has 0 saturated heterocycles. The van der Waals surface area contributed by atoms with Gasteiger partial charge in [-0.15, -0.1) is 16.4 Å². The van der Waals surface area contributed by atoms with Gasteiger partial charge in [0, 0.05) is 30.2 Å². The molecule has 0 saturated carbocycles. The number of fused-ring (bicyclic) bond motifs is 1. The standard InChI is InChI=1S/C16H16FN5OS.C2HF3O2/c17-12-3-1-2-11(6-12)16-14-10-23-13(9-22(14)21-20-16)7-18-8-15-19-4-5-24-15;3-2(4,5)1(6)7/h1-6,13,18H,7-10H2;(H,6,7). The minimum absolute atomic E-state index is 0.0273. The van der Waals surface area contributed by atoms with E-state index in [4.69, 9.17) is 14.6 Å². The second-order valence-corrected chi connectivity index (χ2v) is 7.35. The van der Waals surface area contributed by atoms with Crippen molar-refractivity contribution in [3.8, 4) is 11.3 Å². The third-order valence-electron chi connectivity index (χ3n) is 4.14. The van der Waals surface area contributed by atoms with Gasteiger partial charge in [-0.1, -0.05) is 17.3 Å². The Labute approximate surface area is 177 Å². The Bertz CT molecular complexity index is 1010. The number of alkyl halides is 3. The van der Waals surface area contributed by atoms with Crippen LogP contribution in [0.5, 0.6) is 0 Å². The van der Waals surface area contributed by atoms with Crippen LogP contribution in [0.4, 0.5) is 17.6 Å². The lowest BCUT2D eigenvalue weighted by Gasteiger charge is -2.24. The number of carboxylic acids is 1. The molecule has 13 heteroatoms. The summed E-state index contributed by atoms with van der Waals surface area (Å²) in [6.45, 7) is 2.50. The summed E-state index contributed by atoms with van der Waals surface area (Å²) in [5.41, 5.74) is 2.29. The lowest BCUT2D eigenvalue weighted by Crippen LogP contribution is -2.36. The molecule has 2 N–H and O–H groups in total. The topological polar surface area (TPSA) is 102 Å². The molecule has 0 bridgehead atoms. The van der Waals surface area contributed by atoms with Gasteiger partial charge < -0.3 is 15.2 Å². The largest absolute Gasteiger partial charge is 0.490 e. The number of carboxylic acid groups (broad SMARTS) is 1. The van der Waals surface area contributed by atoms with Crippen molar-refractivity contribution in [3.05, 3.63) is 52.4 Å². The predicted molar refractivity (Wildman–Crippen MR) is 102 cm³/mol. The van der Waals surface area contributed by atoms with Crippen molar-refractivity contribution in [3.63, 3.8) is 0 Å². The third-order valence-corrected chi connectivity index (χ3v) is 4.92. The highest BCUT2D eigenvalue weighted by molar-refractivity contribution is 7.09. The average Bonchev–Trinajstić information content (AvgIpc) is 3.37. The number of halogens is 4. The minimum atomic E-state index is -5.08. The predicted octanol–water partition coefficient (Wildman–Crippen LogP) is 2.86. The number of hydrogen-bond donors (Lipinski definition) is 2. The molecule has 3 heterocycles. The Morgan fingerprint density at radius 3 is 2.81 bits per heavy atom. The highest BCUT2D eigenvalue weighted by atomic mass is 32.1. The molecule has 3 aromatic rings. The molecule has 1 aliphatic rings. The van der Waals surface area contributed by atoms with E-state index in [1.54, 1.807) is 23.6 Å². The molecule has 31 heavy (non-hydrogen) atoms. The fourth-order valence-corrected chi connectivity index (χ4v) is 3.31. The number of benzene rings is 1. The van der Waals surface area contributed by atoms with Gasteiger partial charge >= 0.3 is 12.1 Å². The zero-order valence-electron chi connectivity index (χ0n) is 15.8. The molecule has 8 nitrogen and oxygen atoms in total. The van der Waals surface area contributed by atoms with E-state index in [0.717, 1.165) is 22.8 Å². The van der Waals surface area contributed by atoms with Crippen molar-refractivity contribution in [2.24, 2.45) is 0 Å². The molecular weight excluding hydrogens is 442 g/mol. The Morgan fingerprint density at radius 1 is 1.39 bits per heavy atom. The Kier molecular flexibility index (Phi) is 7.30. The monoisotopic (exact) mass is 459 g/mol. The smallest absolute Gasteiger partial charge is 0.475 e. The zero-order chi connectivity index (χ0) is 22.4. The average molecular weight is 459 g/mol. The van der Waals surface area contributed by atoms with Crippen LogP contribution in [0.1, 0.15) is 10.7 Å². The number of aromatic nitrogens is 4. The molecule has 1 atom stereocenters. The number of hydrogen-bond acceptors (Lipinski definition) is 7. The van der Waals surface area contributed by atoms with Gasteiger partial charge in [-0.3, -0.25) is 0 Å². The van der Waals surface area contributed by atoms with Gasteiger partial charge in [0.25, 0.3) is 0 Å². The number of nitrogens with one attached hydrogen (secondary N) is 1. The van der Waals surface area contributed by atoms with Gasteiger partial charge in [-0.25, -0.2) is 18.9 Å². The molecule has 1 aliphatic heterocycles. The van der Waals surface area contributed by atoms with Crippen molar-refractivity contribution in [1.82, 2.24) is 25.3 Å². The fraction of sp³-hybridized carbons (Fsp3) is 0.333. The molecule has 1 unspecified atom stereocenters. The number of carbonyl (C=O) groups is 1. The maximum atomic E-state index is 13.4. The van der Waals surface area contributed by atoms with E-state index >= 15 is 0 Å². The highest BCUT2D eigenvalue weighted by Crippen LogP contribution is 2.25. The van der Waals surface area contributed by atoms with Crippen LogP contribution in [0, 0.1) is 5.82 Å². The third kappa shape index (κ3) is 6.29. The first-order chi connectivity index (χ1) is 14.7. The normalized spacial score (nSPS) is 15.7. The van der Waals surface area contributed by atoms with Crippen molar-refractivity contribution in [1.29, 1.82) is 0 Å². The van der Waals surface area contributed by atoms with Crippen LogP contribution in [0.2, 0.25) is 0 Å². The summed E-state index contributed by atoms with van der Waals surface area (Å²) < 4.78 is 52.9. The minimum Gasteiger partial charge on any atom is -0.475 e. The molecule has 0 spiro atoms. The SMILES string of the molecule is Fc1cccc(-c2nnn3c2COC(CNCc2nccs2)C3)c1.O=C(O)C(F)(F)F.